The maximum absolute atomic E-state index is 12.2. The molecule has 1 heterocycles. The first-order chi connectivity index (χ1) is 8.53. The van der Waals surface area contributed by atoms with E-state index in [0.29, 0.717) is 30.7 Å². The Balaban J connectivity index is 2.27. The lowest BCUT2D eigenvalue weighted by molar-refractivity contribution is 0.192. The van der Waals surface area contributed by atoms with Crippen molar-refractivity contribution in [2.24, 2.45) is 5.73 Å². The Morgan fingerprint density at radius 2 is 2.28 bits per heavy atom. The molecule has 0 radical (unpaired) electrons. The average molecular weight is 335 g/mol. The van der Waals surface area contributed by atoms with Crippen LogP contribution in [0.15, 0.2) is 27.6 Å². The second-order valence-corrected chi connectivity index (χ2v) is 6.69. The van der Waals surface area contributed by atoms with Crippen molar-refractivity contribution in [1.82, 2.24) is 4.72 Å². The summed E-state index contributed by atoms with van der Waals surface area (Å²) in [4.78, 5) is 0.220. The highest BCUT2D eigenvalue weighted by Crippen LogP contribution is 2.23. The molecule has 1 fully saturated rings. The van der Waals surface area contributed by atoms with Crippen LogP contribution in [-0.4, -0.2) is 27.7 Å². The molecule has 1 saturated heterocycles. The number of nitrogens with one attached hydrogen (secondary N) is 1. The van der Waals surface area contributed by atoms with E-state index in [1.807, 2.05) is 0 Å². The zero-order chi connectivity index (χ0) is 13.2. The number of benzene rings is 1. The minimum Gasteiger partial charge on any atom is -0.380 e. The van der Waals surface area contributed by atoms with Crippen molar-refractivity contribution in [1.29, 1.82) is 0 Å². The van der Waals surface area contributed by atoms with Crippen LogP contribution in [0.3, 0.4) is 0 Å². The van der Waals surface area contributed by atoms with E-state index in [-0.39, 0.29) is 10.9 Å². The molecule has 0 aromatic heterocycles. The molecule has 18 heavy (non-hydrogen) atoms. The highest BCUT2D eigenvalue weighted by molar-refractivity contribution is 9.10. The summed E-state index contributed by atoms with van der Waals surface area (Å²) < 4.78 is 32.8. The van der Waals surface area contributed by atoms with Crippen molar-refractivity contribution in [2.45, 2.75) is 23.9 Å². The molecule has 1 atom stereocenters. The van der Waals surface area contributed by atoms with Crippen LogP contribution in [0.4, 0.5) is 0 Å². The topological polar surface area (TPSA) is 81.4 Å². The highest BCUT2D eigenvalue weighted by atomic mass is 79.9. The van der Waals surface area contributed by atoms with Crippen LogP contribution in [-0.2, 0) is 21.3 Å². The fourth-order valence-electron chi connectivity index (χ4n) is 1.79. The first kappa shape index (κ1) is 14.0. The van der Waals surface area contributed by atoms with Crippen molar-refractivity contribution < 1.29 is 13.2 Å². The smallest absolute Gasteiger partial charge is 0.242 e. The van der Waals surface area contributed by atoms with Gasteiger partial charge in [-0.2, -0.15) is 0 Å². The Bertz CT molecular complexity index is 527. The Morgan fingerprint density at radius 1 is 1.50 bits per heavy atom. The molecule has 1 unspecified atom stereocenters. The third kappa shape index (κ3) is 3.10. The SMILES string of the molecule is NCc1ccc(Br)c(S(=O)(=O)NC2CCOC2)c1. The molecule has 1 aliphatic rings. The quantitative estimate of drug-likeness (QED) is 0.859. The first-order valence-corrected chi connectivity index (χ1v) is 7.89. The Hall–Kier alpha value is -0.470. The van der Waals surface area contributed by atoms with E-state index in [4.69, 9.17) is 10.5 Å². The van der Waals surface area contributed by atoms with E-state index < -0.39 is 10.0 Å². The van der Waals surface area contributed by atoms with Crippen LogP contribution < -0.4 is 10.5 Å². The van der Waals surface area contributed by atoms with Crippen LogP contribution in [0.25, 0.3) is 0 Å². The fraction of sp³-hybridized carbons (Fsp3) is 0.455. The summed E-state index contributed by atoms with van der Waals surface area (Å²) in [5.74, 6) is 0. The van der Waals surface area contributed by atoms with Gasteiger partial charge in [-0.1, -0.05) is 6.07 Å². The number of hydrogen-bond acceptors (Lipinski definition) is 4. The van der Waals surface area contributed by atoms with Crippen molar-refractivity contribution >= 4 is 26.0 Å². The maximum Gasteiger partial charge on any atom is 0.242 e. The van der Waals surface area contributed by atoms with Gasteiger partial charge in [0.2, 0.25) is 10.0 Å². The number of ether oxygens (including phenoxy) is 1. The predicted octanol–water partition coefficient (Wildman–Crippen LogP) is 0.975. The molecule has 0 amide bonds. The Kier molecular flexibility index (Phi) is 4.39. The van der Waals surface area contributed by atoms with Gasteiger partial charge in [0.1, 0.15) is 0 Å². The molecule has 2 rings (SSSR count). The van der Waals surface area contributed by atoms with Crippen LogP contribution in [0.2, 0.25) is 0 Å². The van der Waals surface area contributed by atoms with Crippen LogP contribution in [0.5, 0.6) is 0 Å². The zero-order valence-corrected chi connectivity index (χ0v) is 12.1. The number of sulfonamides is 1. The number of hydrogen-bond donors (Lipinski definition) is 2. The minimum absolute atomic E-state index is 0.150. The van der Waals surface area contributed by atoms with Gasteiger partial charge in [0.05, 0.1) is 11.5 Å². The minimum atomic E-state index is -3.54. The van der Waals surface area contributed by atoms with Crippen LogP contribution in [0, 0.1) is 0 Å². The molecule has 0 bridgehead atoms. The van der Waals surface area contributed by atoms with Gasteiger partial charge in [-0.15, -0.1) is 0 Å². The third-order valence-corrected chi connectivity index (χ3v) is 5.29. The van der Waals surface area contributed by atoms with E-state index in [9.17, 15) is 8.42 Å². The zero-order valence-electron chi connectivity index (χ0n) is 9.73. The van der Waals surface area contributed by atoms with Gasteiger partial charge in [-0.3, -0.25) is 0 Å². The van der Waals surface area contributed by atoms with E-state index in [0.717, 1.165) is 5.56 Å². The first-order valence-electron chi connectivity index (χ1n) is 5.61. The molecule has 1 aromatic carbocycles. The van der Waals surface area contributed by atoms with Gasteiger partial charge in [-0.25, -0.2) is 13.1 Å². The van der Waals surface area contributed by atoms with Crippen molar-refractivity contribution in [3.63, 3.8) is 0 Å². The monoisotopic (exact) mass is 334 g/mol. The lowest BCUT2D eigenvalue weighted by Gasteiger charge is -2.13. The number of halogens is 1. The molecular weight excluding hydrogens is 320 g/mol. The predicted molar refractivity (Wildman–Crippen MR) is 71.6 cm³/mol. The molecule has 0 aliphatic carbocycles. The van der Waals surface area contributed by atoms with Crippen molar-refractivity contribution in [2.75, 3.05) is 13.2 Å². The average Bonchev–Trinajstić information content (AvgIpc) is 2.81. The van der Waals surface area contributed by atoms with Crippen LogP contribution in [0.1, 0.15) is 12.0 Å². The molecule has 1 aliphatic heterocycles. The summed E-state index contributed by atoms with van der Waals surface area (Å²) >= 11 is 3.25. The summed E-state index contributed by atoms with van der Waals surface area (Å²) in [6.07, 6.45) is 0.702. The number of nitrogens with two attached hydrogens (primary N) is 1. The lowest BCUT2D eigenvalue weighted by atomic mass is 10.2. The molecule has 1 aromatic rings. The second-order valence-electron chi connectivity index (χ2n) is 4.15. The molecule has 100 valence electrons. The van der Waals surface area contributed by atoms with Gasteiger partial charge in [0, 0.05) is 23.7 Å². The standard InChI is InChI=1S/C11H15BrN2O3S/c12-10-2-1-8(6-13)5-11(10)18(15,16)14-9-3-4-17-7-9/h1-2,5,9,14H,3-4,6-7,13H2. The summed E-state index contributed by atoms with van der Waals surface area (Å²) in [6.45, 7) is 1.33. The van der Waals surface area contributed by atoms with Crippen molar-refractivity contribution in [3.8, 4) is 0 Å². The van der Waals surface area contributed by atoms with E-state index in [1.54, 1.807) is 18.2 Å². The Labute approximate surface area is 115 Å². The molecular formula is C11H15BrN2O3S. The van der Waals surface area contributed by atoms with Crippen LogP contribution >= 0.6 is 15.9 Å². The highest BCUT2D eigenvalue weighted by Gasteiger charge is 2.25. The molecule has 7 heteroatoms. The summed E-state index contributed by atoms with van der Waals surface area (Å²) in [6, 6.07) is 4.93. The van der Waals surface area contributed by atoms with Gasteiger partial charge in [-0.05, 0) is 40.0 Å². The van der Waals surface area contributed by atoms with E-state index in [2.05, 4.69) is 20.7 Å². The fourth-order valence-corrected chi connectivity index (χ4v) is 4.06. The van der Waals surface area contributed by atoms with Gasteiger partial charge >= 0.3 is 0 Å². The molecule has 0 saturated carbocycles. The largest absolute Gasteiger partial charge is 0.380 e. The lowest BCUT2D eigenvalue weighted by Crippen LogP contribution is -2.35. The van der Waals surface area contributed by atoms with E-state index in [1.165, 1.54) is 0 Å². The maximum atomic E-state index is 12.2. The normalized spacial score (nSPS) is 20.2. The molecule has 0 spiro atoms. The van der Waals surface area contributed by atoms with Gasteiger partial charge in [0.25, 0.3) is 0 Å². The number of rotatable bonds is 4. The summed E-state index contributed by atoms with van der Waals surface area (Å²) in [5, 5.41) is 0. The van der Waals surface area contributed by atoms with E-state index >= 15 is 0 Å². The third-order valence-electron chi connectivity index (χ3n) is 2.77. The summed E-state index contributed by atoms with van der Waals surface area (Å²) in [7, 11) is -3.54. The summed E-state index contributed by atoms with van der Waals surface area (Å²) in [5.41, 5.74) is 6.30. The van der Waals surface area contributed by atoms with Gasteiger partial charge < -0.3 is 10.5 Å². The molecule has 3 N–H and O–H groups in total. The second kappa shape index (κ2) is 5.66. The van der Waals surface area contributed by atoms with Crippen molar-refractivity contribution in [3.05, 3.63) is 28.2 Å². The van der Waals surface area contributed by atoms with Gasteiger partial charge in [0.15, 0.2) is 0 Å². The Morgan fingerprint density at radius 3 is 2.89 bits per heavy atom. The molecule has 5 nitrogen and oxygen atoms in total.